The third kappa shape index (κ3) is 5.06. The number of halogens is 1. The minimum Gasteiger partial charge on any atom is -0.490 e. The van der Waals surface area contributed by atoms with E-state index in [-0.39, 0.29) is 36.2 Å². The van der Waals surface area contributed by atoms with Gasteiger partial charge in [0.2, 0.25) is 0 Å². The van der Waals surface area contributed by atoms with E-state index in [0.29, 0.717) is 24.3 Å². The number of likely N-dealkylation sites (N-methyl/N-ethyl adjacent to an activating group) is 1. The number of amides is 3. The fraction of sp³-hybridized carbons (Fsp3) is 0.348. The van der Waals surface area contributed by atoms with Gasteiger partial charge in [0.15, 0.2) is 0 Å². The quantitative estimate of drug-likeness (QED) is 0.649. The summed E-state index contributed by atoms with van der Waals surface area (Å²) < 4.78 is 25.5. The van der Waals surface area contributed by atoms with Crippen LogP contribution in [0, 0.1) is 5.82 Å². The summed E-state index contributed by atoms with van der Waals surface area (Å²) >= 11 is 0. The van der Waals surface area contributed by atoms with E-state index in [2.05, 4.69) is 10.6 Å². The van der Waals surface area contributed by atoms with Gasteiger partial charge in [0.25, 0.3) is 5.91 Å². The molecule has 0 bridgehead atoms. The van der Waals surface area contributed by atoms with Gasteiger partial charge >= 0.3 is 12.0 Å². The lowest BCUT2D eigenvalue weighted by atomic mass is 9.94. The van der Waals surface area contributed by atoms with Crippen LogP contribution in [0.15, 0.2) is 42.5 Å². The Morgan fingerprint density at radius 1 is 1.18 bits per heavy atom. The molecule has 0 saturated carbocycles. The van der Waals surface area contributed by atoms with Crippen molar-refractivity contribution in [2.45, 2.75) is 37.5 Å². The van der Waals surface area contributed by atoms with Crippen molar-refractivity contribution in [2.75, 3.05) is 24.3 Å². The number of hydrogen-bond donors (Lipinski definition) is 3. The van der Waals surface area contributed by atoms with Crippen molar-refractivity contribution in [2.24, 2.45) is 0 Å². The van der Waals surface area contributed by atoms with E-state index in [1.807, 2.05) is 0 Å². The van der Waals surface area contributed by atoms with Gasteiger partial charge in [0, 0.05) is 12.7 Å². The number of nitrogens with zero attached hydrogens (tertiary/aromatic N) is 1. The lowest BCUT2D eigenvalue weighted by Gasteiger charge is -2.42. The molecule has 3 N–H and O–H groups in total. The molecule has 1 saturated heterocycles. The summed E-state index contributed by atoms with van der Waals surface area (Å²) in [7, 11) is 1.67. The summed E-state index contributed by atoms with van der Waals surface area (Å²) in [5.74, 6) is -1.47. The predicted molar refractivity (Wildman–Crippen MR) is 117 cm³/mol. The number of rotatable bonds is 4. The first-order chi connectivity index (χ1) is 15.8. The number of hydrogen-bond acceptors (Lipinski definition) is 5. The van der Waals surface area contributed by atoms with Gasteiger partial charge in [0.05, 0.1) is 29.8 Å². The van der Waals surface area contributed by atoms with E-state index >= 15 is 0 Å². The van der Waals surface area contributed by atoms with E-state index in [1.54, 1.807) is 30.1 Å². The van der Waals surface area contributed by atoms with Crippen LogP contribution < -0.4 is 15.4 Å². The smallest absolute Gasteiger partial charge is 0.323 e. The lowest BCUT2D eigenvalue weighted by Crippen LogP contribution is -2.53. The van der Waals surface area contributed by atoms with Crippen LogP contribution in [-0.4, -0.2) is 59.8 Å². The molecule has 0 aromatic heterocycles. The molecule has 1 fully saturated rings. The number of carboxylic acids is 1. The van der Waals surface area contributed by atoms with Crippen LogP contribution in [-0.2, 0) is 9.53 Å². The highest BCUT2D eigenvalue weighted by molar-refractivity contribution is 6.02. The molecule has 0 radical (unpaired) electrons. The van der Waals surface area contributed by atoms with Crippen molar-refractivity contribution in [1.29, 1.82) is 0 Å². The summed E-state index contributed by atoms with van der Waals surface area (Å²) in [5.41, 5.74) is 0.642. The fourth-order valence-corrected chi connectivity index (χ4v) is 4.15. The van der Waals surface area contributed by atoms with Gasteiger partial charge in [-0.2, -0.15) is 0 Å². The Hall–Kier alpha value is -3.66. The first kappa shape index (κ1) is 22.5. The molecule has 174 valence electrons. The number of carboxylic acid groups (broad SMARTS) is 1. The molecule has 4 rings (SSSR count). The third-order valence-corrected chi connectivity index (χ3v) is 5.79. The number of nitrogens with one attached hydrogen (secondary N) is 2. The average Bonchev–Trinajstić information content (AvgIpc) is 2.78. The molecule has 0 aliphatic carbocycles. The normalized spacial score (nSPS) is 22.2. The molecule has 0 spiro atoms. The van der Waals surface area contributed by atoms with Crippen LogP contribution in [0.2, 0.25) is 0 Å². The molecule has 10 heteroatoms. The van der Waals surface area contributed by atoms with E-state index in [0.717, 1.165) is 0 Å². The maximum absolute atomic E-state index is 13.8. The first-order valence-electron chi connectivity index (χ1n) is 10.6. The zero-order chi connectivity index (χ0) is 23.5. The van der Waals surface area contributed by atoms with Crippen LogP contribution >= 0.6 is 0 Å². The molecular formula is C23H24FN3O6. The second-order valence-electron chi connectivity index (χ2n) is 8.04. The van der Waals surface area contributed by atoms with Crippen LogP contribution in [0.1, 0.15) is 29.6 Å². The molecule has 33 heavy (non-hydrogen) atoms. The number of carbonyl (C=O) groups excluding carboxylic acids is 2. The molecule has 2 heterocycles. The summed E-state index contributed by atoms with van der Waals surface area (Å²) in [4.78, 5) is 38.1. The zero-order valence-corrected chi connectivity index (χ0v) is 17.9. The predicted octanol–water partition coefficient (Wildman–Crippen LogP) is 3.33. The molecule has 0 unspecified atom stereocenters. The summed E-state index contributed by atoms with van der Waals surface area (Å²) in [6.45, 7) is 0.159. The highest BCUT2D eigenvalue weighted by Gasteiger charge is 2.39. The minimum atomic E-state index is -0.931. The van der Waals surface area contributed by atoms with Crippen molar-refractivity contribution < 1.29 is 33.4 Å². The van der Waals surface area contributed by atoms with Crippen molar-refractivity contribution in [1.82, 2.24) is 4.90 Å². The Balaban J connectivity index is 1.49. The second kappa shape index (κ2) is 9.45. The summed E-state index contributed by atoms with van der Waals surface area (Å²) in [6, 6.07) is 9.51. The number of para-hydroxylation sites is 1. The molecule has 2 aliphatic rings. The maximum Gasteiger partial charge on any atom is 0.323 e. The van der Waals surface area contributed by atoms with Crippen molar-refractivity contribution in [3.8, 4) is 5.75 Å². The zero-order valence-electron chi connectivity index (χ0n) is 17.9. The number of ether oxygens (including phenoxy) is 2. The van der Waals surface area contributed by atoms with E-state index in [1.165, 1.54) is 24.3 Å². The second-order valence-corrected chi connectivity index (χ2v) is 8.04. The topological polar surface area (TPSA) is 117 Å². The van der Waals surface area contributed by atoms with Gasteiger partial charge in [-0.05, 0) is 43.2 Å². The van der Waals surface area contributed by atoms with Crippen molar-refractivity contribution >= 4 is 29.3 Å². The first-order valence-corrected chi connectivity index (χ1v) is 10.6. The Bertz CT molecular complexity index is 1080. The van der Waals surface area contributed by atoms with Gasteiger partial charge in [-0.25, -0.2) is 9.18 Å². The maximum atomic E-state index is 13.8. The molecule has 2 aliphatic heterocycles. The van der Waals surface area contributed by atoms with Gasteiger partial charge in [-0.1, -0.05) is 12.1 Å². The molecule has 9 nitrogen and oxygen atoms in total. The Morgan fingerprint density at radius 2 is 1.97 bits per heavy atom. The standard InChI is InChI=1S/C23H24FN3O6/c1-27-18-8-7-14(11-21(28)29)33-20(18)12-32-19-9-6-13(10-15(19)22(27)30)25-23(31)26-17-5-3-2-4-16(17)24/h2-6,9-10,14,18,20H,7-8,11-12H2,1H3,(H,28,29)(H2,25,26,31)/t14-,18-,20-/m0/s1. The summed E-state index contributed by atoms with van der Waals surface area (Å²) in [6.07, 6.45) is 0.146. The van der Waals surface area contributed by atoms with Crippen LogP contribution in [0.25, 0.3) is 0 Å². The van der Waals surface area contributed by atoms with Gasteiger partial charge in [-0.15, -0.1) is 0 Å². The monoisotopic (exact) mass is 457 g/mol. The van der Waals surface area contributed by atoms with Gasteiger partial charge < -0.3 is 30.1 Å². The van der Waals surface area contributed by atoms with Crippen LogP contribution in [0.3, 0.4) is 0 Å². The van der Waals surface area contributed by atoms with Crippen molar-refractivity contribution in [3.63, 3.8) is 0 Å². The number of benzene rings is 2. The Morgan fingerprint density at radius 3 is 2.73 bits per heavy atom. The lowest BCUT2D eigenvalue weighted by molar-refractivity contribution is -0.148. The highest BCUT2D eigenvalue weighted by atomic mass is 19.1. The SMILES string of the molecule is CN1C(=O)c2cc(NC(=O)Nc3ccccc3F)ccc2OC[C@@H]2O[C@H](CC(=O)O)CC[C@@H]21. The highest BCUT2D eigenvalue weighted by Crippen LogP contribution is 2.32. The van der Waals surface area contributed by atoms with Crippen LogP contribution in [0.4, 0.5) is 20.6 Å². The Kier molecular flexibility index (Phi) is 6.45. The molecule has 3 atom stereocenters. The van der Waals surface area contributed by atoms with E-state index in [4.69, 9.17) is 14.6 Å². The molecular weight excluding hydrogens is 433 g/mol. The minimum absolute atomic E-state index is 0.0323. The van der Waals surface area contributed by atoms with Gasteiger partial charge in [-0.3, -0.25) is 9.59 Å². The summed E-state index contributed by atoms with van der Waals surface area (Å²) in [5, 5.41) is 14.1. The van der Waals surface area contributed by atoms with E-state index < -0.39 is 30.0 Å². The number of carbonyl (C=O) groups is 3. The van der Waals surface area contributed by atoms with Crippen LogP contribution in [0.5, 0.6) is 5.75 Å². The number of urea groups is 1. The van der Waals surface area contributed by atoms with Gasteiger partial charge in [0.1, 0.15) is 24.3 Å². The largest absolute Gasteiger partial charge is 0.490 e. The fourth-order valence-electron chi connectivity index (χ4n) is 4.15. The van der Waals surface area contributed by atoms with Crippen molar-refractivity contribution in [3.05, 3.63) is 53.8 Å². The third-order valence-electron chi connectivity index (χ3n) is 5.79. The Labute approximate surface area is 189 Å². The number of anilines is 2. The molecule has 2 aromatic rings. The number of fused-ring (bicyclic) bond motifs is 2. The van der Waals surface area contributed by atoms with E-state index in [9.17, 15) is 18.8 Å². The molecule has 3 amide bonds. The number of aliphatic carboxylic acids is 1. The average molecular weight is 457 g/mol. The molecule has 2 aromatic carbocycles.